The minimum Gasteiger partial charge on any atom is -0.377 e. The van der Waals surface area contributed by atoms with Gasteiger partial charge in [0.25, 0.3) is 0 Å². The Bertz CT molecular complexity index is 699. The summed E-state index contributed by atoms with van der Waals surface area (Å²) in [5.74, 6) is 0.608. The molecule has 2 saturated heterocycles. The maximum atomic E-state index is 13.0. The Morgan fingerprint density at radius 2 is 1.59 bits per heavy atom. The van der Waals surface area contributed by atoms with Crippen LogP contribution < -0.4 is 0 Å². The number of rotatable bonds is 5. The maximum Gasteiger partial charge on any atom is 0.243 e. The molecular formula is C21H32N2O3S. The van der Waals surface area contributed by atoms with Crippen LogP contribution in [0, 0.1) is 0 Å². The molecule has 1 aliphatic carbocycles. The second-order valence-electron chi connectivity index (χ2n) is 8.24. The molecule has 4 rings (SSSR count). The second kappa shape index (κ2) is 8.60. The SMILES string of the molecule is O=S(=O)(c1ccc(C2CCCCC2)cc1)N1CCN(C[C@H]2CCCO2)CC1. The van der Waals surface area contributed by atoms with Crippen molar-refractivity contribution in [1.29, 1.82) is 0 Å². The first-order valence-electron chi connectivity index (χ1n) is 10.6. The Morgan fingerprint density at radius 1 is 0.889 bits per heavy atom. The predicted molar refractivity (Wildman–Crippen MR) is 106 cm³/mol. The Hall–Kier alpha value is -0.950. The molecule has 0 aromatic heterocycles. The molecule has 0 N–H and O–H groups in total. The van der Waals surface area contributed by atoms with Gasteiger partial charge in [0.15, 0.2) is 0 Å². The van der Waals surface area contributed by atoms with Gasteiger partial charge in [0.05, 0.1) is 11.0 Å². The van der Waals surface area contributed by atoms with Crippen molar-refractivity contribution < 1.29 is 13.2 Å². The fourth-order valence-corrected chi connectivity index (χ4v) is 6.15. The summed E-state index contributed by atoms with van der Waals surface area (Å²) >= 11 is 0. The van der Waals surface area contributed by atoms with E-state index in [9.17, 15) is 8.42 Å². The fraction of sp³-hybridized carbons (Fsp3) is 0.714. The summed E-state index contributed by atoms with van der Waals surface area (Å²) in [7, 11) is -3.38. The first-order chi connectivity index (χ1) is 13.1. The number of hydrogen-bond acceptors (Lipinski definition) is 4. The van der Waals surface area contributed by atoms with E-state index in [4.69, 9.17) is 4.74 Å². The van der Waals surface area contributed by atoms with Crippen molar-refractivity contribution in [3.05, 3.63) is 29.8 Å². The molecule has 6 heteroatoms. The number of ether oxygens (including phenoxy) is 1. The summed E-state index contributed by atoms with van der Waals surface area (Å²) in [4.78, 5) is 2.78. The highest BCUT2D eigenvalue weighted by atomic mass is 32.2. The molecule has 0 unspecified atom stereocenters. The van der Waals surface area contributed by atoms with Gasteiger partial charge in [-0.2, -0.15) is 4.31 Å². The standard InChI is InChI=1S/C21H32N2O3S/c24-27(25,21-10-8-19(9-11-21)18-5-2-1-3-6-18)23-14-12-22(13-15-23)17-20-7-4-16-26-20/h8-11,18,20H,1-7,12-17H2/t20-/m1/s1. The molecule has 0 bridgehead atoms. The highest BCUT2D eigenvalue weighted by Crippen LogP contribution is 2.33. The van der Waals surface area contributed by atoms with E-state index in [2.05, 4.69) is 4.90 Å². The van der Waals surface area contributed by atoms with Crippen LogP contribution in [0.1, 0.15) is 56.4 Å². The Labute approximate surface area is 163 Å². The van der Waals surface area contributed by atoms with Gasteiger partial charge in [-0.25, -0.2) is 8.42 Å². The molecule has 150 valence electrons. The smallest absolute Gasteiger partial charge is 0.243 e. The van der Waals surface area contributed by atoms with Crippen molar-refractivity contribution in [3.8, 4) is 0 Å². The summed E-state index contributed by atoms with van der Waals surface area (Å²) in [5, 5.41) is 0. The molecule has 27 heavy (non-hydrogen) atoms. The van der Waals surface area contributed by atoms with Gasteiger partial charge < -0.3 is 4.74 Å². The topological polar surface area (TPSA) is 49.9 Å². The van der Waals surface area contributed by atoms with Gasteiger partial charge in [-0.05, 0) is 49.3 Å². The Kier molecular flexibility index (Phi) is 6.17. The van der Waals surface area contributed by atoms with Crippen molar-refractivity contribution in [2.75, 3.05) is 39.3 Å². The van der Waals surface area contributed by atoms with Crippen LogP contribution in [-0.2, 0) is 14.8 Å². The Balaban J connectivity index is 1.35. The van der Waals surface area contributed by atoms with E-state index >= 15 is 0 Å². The van der Waals surface area contributed by atoms with Crippen molar-refractivity contribution in [2.24, 2.45) is 0 Å². The molecule has 1 atom stereocenters. The second-order valence-corrected chi connectivity index (χ2v) is 10.2. The van der Waals surface area contributed by atoms with E-state index in [-0.39, 0.29) is 0 Å². The van der Waals surface area contributed by atoms with E-state index in [0.717, 1.165) is 39.1 Å². The van der Waals surface area contributed by atoms with Crippen molar-refractivity contribution in [2.45, 2.75) is 61.9 Å². The summed E-state index contributed by atoms with van der Waals surface area (Å²) in [6.45, 7) is 4.52. The largest absolute Gasteiger partial charge is 0.377 e. The van der Waals surface area contributed by atoms with Crippen LogP contribution in [0.25, 0.3) is 0 Å². The van der Waals surface area contributed by atoms with Crippen molar-refractivity contribution in [1.82, 2.24) is 9.21 Å². The van der Waals surface area contributed by atoms with Crippen LogP contribution in [0.3, 0.4) is 0 Å². The number of piperazine rings is 1. The zero-order chi connectivity index (χ0) is 18.7. The first kappa shape index (κ1) is 19.4. The van der Waals surface area contributed by atoms with Gasteiger partial charge in [-0.3, -0.25) is 4.90 Å². The lowest BCUT2D eigenvalue weighted by Crippen LogP contribution is -2.50. The van der Waals surface area contributed by atoms with E-state index in [0.29, 0.717) is 30.0 Å². The van der Waals surface area contributed by atoms with Gasteiger partial charge in [0.1, 0.15) is 0 Å². The lowest BCUT2D eigenvalue weighted by molar-refractivity contribution is 0.0617. The van der Waals surface area contributed by atoms with E-state index in [1.165, 1.54) is 37.7 Å². The molecule has 2 aliphatic heterocycles. The minimum atomic E-state index is -3.38. The highest BCUT2D eigenvalue weighted by Gasteiger charge is 2.30. The van der Waals surface area contributed by atoms with Crippen LogP contribution in [0.2, 0.25) is 0 Å². The van der Waals surface area contributed by atoms with E-state index in [1.54, 1.807) is 4.31 Å². The van der Waals surface area contributed by atoms with Crippen molar-refractivity contribution >= 4 is 10.0 Å². The molecule has 0 spiro atoms. The molecule has 1 saturated carbocycles. The van der Waals surface area contributed by atoms with Crippen LogP contribution in [0.4, 0.5) is 0 Å². The molecule has 2 heterocycles. The fourth-order valence-electron chi connectivity index (χ4n) is 4.73. The number of hydrogen-bond donors (Lipinski definition) is 0. The monoisotopic (exact) mass is 392 g/mol. The summed E-state index contributed by atoms with van der Waals surface area (Å²) in [6.07, 6.45) is 9.00. The quantitative estimate of drug-likeness (QED) is 0.772. The lowest BCUT2D eigenvalue weighted by Gasteiger charge is -2.35. The third-order valence-electron chi connectivity index (χ3n) is 6.41. The number of sulfonamides is 1. The summed E-state index contributed by atoms with van der Waals surface area (Å²) in [6, 6.07) is 7.71. The average molecular weight is 393 g/mol. The highest BCUT2D eigenvalue weighted by molar-refractivity contribution is 7.89. The van der Waals surface area contributed by atoms with E-state index < -0.39 is 10.0 Å². The predicted octanol–water partition coefficient (Wildman–Crippen LogP) is 3.22. The zero-order valence-corrected chi connectivity index (χ0v) is 17.0. The molecule has 0 radical (unpaired) electrons. The molecular weight excluding hydrogens is 360 g/mol. The van der Waals surface area contributed by atoms with Crippen LogP contribution >= 0.6 is 0 Å². The summed E-state index contributed by atoms with van der Waals surface area (Å²) in [5.41, 5.74) is 1.30. The zero-order valence-electron chi connectivity index (χ0n) is 16.2. The minimum absolute atomic E-state index is 0.334. The molecule has 0 amide bonds. The molecule has 3 aliphatic rings. The number of nitrogens with zero attached hydrogens (tertiary/aromatic N) is 2. The number of benzene rings is 1. The lowest BCUT2D eigenvalue weighted by atomic mass is 9.84. The molecule has 3 fully saturated rings. The van der Waals surface area contributed by atoms with Crippen LogP contribution in [0.15, 0.2) is 29.2 Å². The third-order valence-corrected chi connectivity index (χ3v) is 8.32. The van der Waals surface area contributed by atoms with Crippen molar-refractivity contribution in [3.63, 3.8) is 0 Å². The van der Waals surface area contributed by atoms with Gasteiger partial charge >= 0.3 is 0 Å². The summed E-state index contributed by atoms with van der Waals surface area (Å²) < 4.78 is 33.4. The first-order valence-corrected chi connectivity index (χ1v) is 12.0. The van der Waals surface area contributed by atoms with Crippen LogP contribution in [-0.4, -0.2) is 63.1 Å². The van der Waals surface area contributed by atoms with E-state index in [1.807, 2.05) is 24.3 Å². The van der Waals surface area contributed by atoms with Gasteiger partial charge in [-0.15, -0.1) is 0 Å². The Morgan fingerprint density at radius 3 is 2.22 bits per heavy atom. The average Bonchev–Trinajstić information content (AvgIpc) is 3.22. The molecule has 1 aromatic carbocycles. The van der Waals surface area contributed by atoms with Gasteiger partial charge in [0.2, 0.25) is 10.0 Å². The molecule has 1 aromatic rings. The van der Waals surface area contributed by atoms with Gasteiger partial charge in [-0.1, -0.05) is 31.4 Å². The molecule has 5 nitrogen and oxygen atoms in total. The van der Waals surface area contributed by atoms with Crippen LogP contribution in [0.5, 0.6) is 0 Å². The third kappa shape index (κ3) is 4.56. The normalized spacial score (nSPS) is 26.4. The maximum absolute atomic E-state index is 13.0. The van der Waals surface area contributed by atoms with Gasteiger partial charge in [0, 0.05) is 39.3 Å².